The van der Waals surface area contributed by atoms with Gasteiger partial charge in [0.25, 0.3) is 5.24 Å². The van der Waals surface area contributed by atoms with E-state index < -0.39 is 6.29 Å². The zero-order chi connectivity index (χ0) is 39.0. The Kier molecular flexibility index (Phi) is 39.7. The fourth-order valence-electron chi connectivity index (χ4n) is 6.57. The van der Waals surface area contributed by atoms with Crippen LogP contribution in [0.5, 0.6) is 0 Å². The van der Waals surface area contributed by atoms with Crippen LogP contribution < -0.4 is 0 Å². The number of nitrogens with zero attached hydrogens (tertiary/aromatic N) is 2. The number of hydrogen-bond donors (Lipinski definition) is 1. The molecule has 1 atom stereocenters. The maximum absolute atomic E-state index is 13.1. The van der Waals surface area contributed by atoms with E-state index in [9.17, 15) is 14.7 Å². The Morgan fingerprint density at radius 3 is 1.66 bits per heavy atom. The Bertz CT molecular complexity index is 813. The van der Waals surface area contributed by atoms with Gasteiger partial charge in [-0.2, -0.15) is 0 Å². The van der Waals surface area contributed by atoms with Gasteiger partial charge in [0.05, 0.1) is 6.10 Å². The van der Waals surface area contributed by atoms with E-state index in [4.69, 9.17) is 9.47 Å². The van der Waals surface area contributed by atoms with Crippen LogP contribution in [0.3, 0.4) is 0 Å². The maximum Gasteiger partial charge on any atom is 0.306 e. The molecular formula is C45H88N2O5S. The molecule has 0 aromatic rings. The molecule has 0 radical (unpaired) electrons. The number of allylic oxidation sites excluding steroid dienone is 1. The molecule has 0 fully saturated rings. The summed E-state index contributed by atoms with van der Waals surface area (Å²) in [4.78, 5) is 29.3. The SMILES string of the molecule is CCCCCC/C=C\COC(=O)CCCCCCCN(CCCCCCCC(O)OC(CCCCCCC)CCCCCCC)C(=O)SCCN(C)C. The lowest BCUT2D eigenvalue weighted by atomic mass is 10.0. The Labute approximate surface area is 333 Å². The van der Waals surface area contributed by atoms with Crippen LogP contribution >= 0.6 is 11.8 Å². The first-order valence-corrected chi connectivity index (χ1v) is 23.5. The summed E-state index contributed by atoms with van der Waals surface area (Å²) in [5, 5.41) is 10.9. The molecule has 8 heteroatoms. The standard InChI is InChI=1S/C45H88N2O5S/c1-6-9-12-15-16-25-32-40-51-43(48)35-28-21-17-23-30-37-47(45(50)53-41-39-46(4)5)38-31-24-18-22-29-36-44(49)52-42(33-26-19-13-10-7-2)34-27-20-14-11-8-3/h25,32,42,44,49H,6-24,26-31,33-41H2,1-5H3/b32-25-. The Hall–Kier alpha value is -1.09. The summed E-state index contributed by atoms with van der Waals surface area (Å²) in [7, 11) is 4.09. The van der Waals surface area contributed by atoms with Crippen molar-refractivity contribution in [2.75, 3.05) is 46.1 Å². The molecular weight excluding hydrogens is 681 g/mol. The number of ether oxygens (including phenoxy) is 2. The van der Waals surface area contributed by atoms with Crippen molar-refractivity contribution >= 4 is 23.0 Å². The first-order chi connectivity index (χ1) is 25.8. The van der Waals surface area contributed by atoms with E-state index in [2.05, 4.69) is 36.6 Å². The van der Waals surface area contributed by atoms with Crippen LogP contribution in [0.1, 0.15) is 207 Å². The molecule has 0 aliphatic rings. The molecule has 0 bridgehead atoms. The van der Waals surface area contributed by atoms with E-state index in [1.807, 2.05) is 20.2 Å². The third-order valence-corrected chi connectivity index (χ3v) is 10.9. The van der Waals surface area contributed by atoms with Crippen LogP contribution in [-0.2, 0) is 14.3 Å². The lowest BCUT2D eigenvalue weighted by molar-refractivity contribution is -0.144. The minimum absolute atomic E-state index is 0.0997. The first kappa shape index (κ1) is 51.9. The molecule has 0 aliphatic heterocycles. The van der Waals surface area contributed by atoms with Crippen LogP contribution in [0.4, 0.5) is 4.79 Å². The number of unbranched alkanes of at least 4 members (excludes halogenated alkanes) is 20. The highest BCUT2D eigenvalue weighted by Gasteiger charge is 2.16. The lowest BCUT2D eigenvalue weighted by Gasteiger charge is -2.23. The summed E-state index contributed by atoms with van der Waals surface area (Å²) in [6, 6.07) is 0. The molecule has 7 nitrogen and oxygen atoms in total. The Morgan fingerprint density at radius 2 is 1.09 bits per heavy atom. The molecule has 0 saturated heterocycles. The topological polar surface area (TPSA) is 79.3 Å². The molecule has 0 aromatic carbocycles. The number of aliphatic hydroxyl groups is 1. The third-order valence-electron chi connectivity index (χ3n) is 10.1. The van der Waals surface area contributed by atoms with E-state index >= 15 is 0 Å². The number of rotatable bonds is 40. The van der Waals surface area contributed by atoms with Gasteiger partial charge in [0.1, 0.15) is 6.61 Å². The fraction of sp³-hybridized carbons (Fsp3) is 0.911. The van der Waals surface area contributed by atoms with Gasteiger partial charge in [-0.25, -0.2) is 0 Å². The van der Waals surface area contributed by atoms with Crippen molar-refractivity contribution in [3.63, 3.8) is 0 Å². The fourth-order valence-corrected chi connectivity index (χ4v) is 7.56. The van der Waals surface area contributed by atoms with Crippen LogP contribution in [0, 0.1) is 0 Å². The number of esters is 1. The van der Waals surface area contributed by atoms with Crippen LogP contribution in [-0.4, -0.2) is 84.6 Å². The molecule has 53 heavy (non-hydrogen) atoms. The molecule has 0 aliphatic carbocycles. The molecule has 0 spiro atoms. The predicted octanol–water partition coefficient (Wildman–Crippen LogP) is 12.9. The van der Waals surface area contributed by atoms with Gasteiger partial charge in [-0.1, -0.05) is 167 Å². The van der Waals surface area contributed by atoms with E-state index in [0.717, 1.165) is 109 Å². The summed E-state index contributed by atoms with van der Waals surface area (Å²) >= 11 is 1.44. The number of carbonyl (C=O) groups is 2. The van der Waals surface area contributed by atoms with E-state index in [1.165, 1.54) is 102 Å². The van der Waals surface area contributed by atoms with Crippen molar-refractivity contribution in [1.82, 2.24) is 9.80 Å². The van der Waals surface area contributed by atoms with Gasteiger partial charge in [-0.3, -0.25) is 9.59 Å². The zero-order valence-electron chi connectivity index (χ0n) is 35.7. The minimum Gasteiger partial charge on any atom is -0.461 e. The number of carbonyl (C=O) groups excluding carboxylic acids is 2. The second-order valence-corrected chi connectivity index (χ2v) is 16.6. The first-order valence-electron chi connectivity index (χ1n) is 22.5. The highest BCUT2D eigenvalue weighted by Crippen LogP contribution is 2.20. The number of amides is 1. The monoisotopic (exact) mass is 769 g/mol. The van der Waals surface area contributed by atoms with Crippen molar-refractivity contribution in [2.45, 2.75) is 219 Å². The number of aliphatic hydroxyl groups excluding tert-OH is 1. The normalized spacial score (nSPS) is 12.4. The van der Waals surface area contributed by atoms with Crippen molar-refractivity contribution in [3.8, 4) is 0 Å². The molecule has 0 rings (SSSR count). The van der Waals surface area contributed by atoms with Crippen LogP contribution in [0.15, 0.2) is 12.2 Å². The van der Waals surface area contributed by atoms with Gasteiger partial charge in [0, 0.05) is 31.8 Å². The molecule has 1 N–H and O–H groups in total. The zero-order valence-corrected chi connectivity index (χ0v) is 36.6. The van der Waals surface area contributed by atoms with Crippen molar-refractivity contribution in [1.29, 1.82) is 0 Å². The van der Waals surface area contributed by atoms with Crippen molar-refractivity contribution in [2.24, 2.45) is 0 Å². The van der Waals surface area contributed by atoms with E-state index in [-0.39, 0.29) is 17.3 Å². The van der Waals surface area contributed by atoms with Crippen LogP contribution in [0.25, 0.3) is 0 Å². The van der Waals surface area contributed by atoms with Gasteiger partial charge in [-0.15, -0.1) is 0 Å². The molecule has 0 heterocycles. The van der Waals surface area contributed by atoms with Gasteiger partial charge in [0.15, 0.2) is 6.29 Å². The molecule has 1 amide bonds. The Morgan fingerprint density at radius 1 is 0.604 bits per heavy atom. The third kappa shape index (κ3) is 37.6. The molecule has 314 valence electrons. The minimum atomic E-state index is -0.649. The average Bonchev–Trinajstić information content (AvgIpc) is 3.13. The number of thioether (sulfide) groups is 1. The summed E-state index contributed by atoms with van der Waals surface area (Å²) < 4.78 is 11.5. The number of hydrogen-bond acceptors (Lipinski definition) is 7. The van der Waals surface area contributed by atoms with Gasteiger partial charge < -0.3 is 24.4 Å². The summed E-state index contributed by atoms with van der Waals surface area (Å²) in [6.45, 7) is 9.65. The highest BCUT2D eigenvalue weighted by molar-refractivity contribution is 8.13. The van der Waals surface area contributed by atoms with Crippen molar-refractivity contribution < 1.29 is 24.2 Å². The van der Waals surface area contributed by atoms with E-state index in [0.29, 0.717) is 19.4 Å². The van der Waals surface area contributed by atoms with E-state index in [1.54, 1.807) is 0 Å². The second-order valence-electron chi connectivity index (χ2n) is 15.6. The largest absolute Gasteiger partial charge is 0.461 e. The van der Waals surface area contributed by atoms with Gasteiger partial charge >= 0.3 is 5.97 Å². The average molecular weight is 769 g/mol. The summed E-state index contributed by atoms with van der Waals surface area (Å²) in [5.41, 5.74) is 0. The van der Waals surface area contributed by atoms with Crippen LogP contribution in [0.2, 0.25) is 0 Å². The Balaban J connectivity index is 4.33. The molecule has 1 unspecified atom stereocenters. The predicted molar refractivity (Wildman–Crippen MR) is 230 cm³/mol. The molecule has 0 aromatic heterocycles. The molecule has 0 saturated carbocycles. The highest BCUT2D eigenvalue weighted by atomic mass is 32.2. The lowest BCUT2D eigenvalue weighted by Crippen LogP contribution is -2.30. The van der Waals surface area contributed by atoms with Crippen molar-refractivity contribution in [3.05, 3.63) is 12.2 Å². The summed E-state index contributed by atoms with van der Waals surface area (Å²) in [6.07, 6.45) is 36.2. The maximum atomic E-state index is 13.1. The summed E-state index contributed by atoms with van der Waals surface area (Å²) in [5.74, 6) is 0.716. The quantitative estimate of drug-likeness (QED) is 0.0288. The van der Waals surface area contributed by atoms with Gasteiger partial charge in [0.2, 0.25) is 0 Å². The second kappa shape index (κ2) is 40.6. The smallest absolute Gasteiger partial charge is 0.306 e. The van der Waals surface area contributed by atoms with Gasteiger partial charge in [-0.05, 0) is 71.9 Å².